The lowest BCUT2D eigenvalue weighted by atomic mass is 10.2. The molecule has 0 aliphatic rings. The molecule has 0 atom stereocenters. The maximum absolute atomic E-state index is 12.0. The van der Waals surface area contributed by atoms with Crippen LogP contribution in [0.2, 0.25) is 0 Å². The predicted molar refractivity (Wildman–Crippen MR) is 67.4 cm³/mol. The lowest BCUT2D eigenvalue weighted by Gasteiger charge is -2.08. The molecule has 0 unspecified atom stereocenters. The van der Waals surface area contributed by atoms with Gasteiger partial charge in [0, 0.05) is 12.7 Å². The molecule has 0 saturated carbocycles. The molecule has 19 heavy (non-hydrogen) atoms. The summed E-state index contributed by atoms with van der Waals surface area (Å²) >= 11 is 0. The van der Waals surface area contributed by atoms with Gasteiger partial charge in [0.05, 0.1) is 11.8 Å². The van der Waals surface area contributed by atoms with Gasteiger partial charge in [0.15, 0.2) is 5.03 Å². The molecule has 0 radical (unpaired) electrons. The molecule has 0 amide bonds. The lowest BCUT2D eigenvalue weighted by Crippen LogP contribution is -2.16. The van der Waals surface area contributed by atoms with Crippen molar-refractivity contribution in [2.45, 2.75) is 5.03 Å². The van der Waals surface area contributed by atoms with Gasteiger partial charge in [-0.15, -0.1) is 0 Å². The van der Waals surface area contributed by atoms with Gasteiger partial charge in [-0.05, 0) is 24.3 Å². The molecule has 1 aromatic carbocycles. The Labute approximate surface area is 109 Å². The number of aryl methyl sites for hydroxylation is 1. The summed E-state index contributed by atoms with van der Waals surface area (Å²) in [5.41, 5.74) is 0.186. The van der Waals surface area contributed by atoms with Crippen molar-refractivity contribution < 1.29 is 18.3 Å². The van der Waals surface area contributed by atoms with Crippen LogP contribution in [0.5, 0.6) is 0 Å². The van der Waals surface area contributed by atoms with Crippen molar-refractivity contribution in [2.24, 2.45) is 7.05 Å². The van der Waals surface area contributed by atoms with Gasteiger partial charge in [0.25, 0.3) is 10.0 Å². The van der Waals surface area contributed by atoms with E-state index in [1.807, 2.05) is 0 Å². The fraction of sp³-hybridized carbons (Fsp3) is 0.0909. The van der Waals surface area contributed by atoms with Crippen LogP contribution in [-0.4, -0.2) is 29.3 Å². The Morgan fingerprint density at radius 3 is 2.68 bits per heavy atom. The molecule has 0 bridgehead atoms. The van der Waals surface area contributed by atoms with Gasteiger partial charge in [-0.25, -0.2) is 4.79 Å². The van der Waals surface area contributed by atoms with Crippen molar-refractivity contribution in [3.05, 3.63) is 42.1 Å². The van der Waals surface area contributed by atoms with Crippen molar-refractivity contribution in [2.75, 3.05) is 4.72 Å². The molecule has 8 heteroatoms. The fourth-order valence-corrected chi connectivity index (χ4v) is 2.73. The third kappa shape index (κ3) is 2.74. The van der Waals surface area contributed by atoms with Crippen molar-refractivity contribution in [1.82, 2.24) is 9.78 Å². The summed E-state index contributed by atoms with van der Waals surface area (Å²) < 4.78 is 27.6. The second kappa shape index (κ2) is 4.73. The van der Waals surface area contributed by atoms with Gasteiger partial charge < -0.3 is 5.11 Å². The van der Waals surface area contributed by atoms with Crippen LogP contribution >= 0.6 is 0 Å². The number of hydrogen-bond acceptors (Lipinski definition) is 4. The SMILES string of the molecule is Cn1nccc1S(=O)(=O)Nc1cccc(C(=O)O)c1. The van der Waals surface area contributed by atoms with E-state index in [-0.39, 0.29) is 16.3 Å². The van der Waals surface area contributed by atoms with Crippen LogP contribution in [0.15, 0.2) is 41.6 Å². The fourth-order valence-electron chi connectivity index (χ4n) is 1.55. The average Bonchev–Trinajstić information content (AvgIpc) is 2.76. The summed E-state index contributed by atoms with van der Waals surface area (Å²) in [6.07, 6.45) is 1.36. The van der Waals surface area contributed by atoms with Gasteiger partial charge in [0.2, 0.25) is 0 Å². The largest absolute Gasteiger partial charge is 0.478 e. The van der Waals surface area contributed by atoms with Crippen LogP contribution in [0.4, 0.5) is 5.69 Å². The molecule has 0 aliphatic carbocycles. The van der Waals surface area contributed by atoms with E-state index in [4.69, 9.17) is 5.11 Å². The van der Waals surface area contributed by atoms with Gasteiger partial charge in [-0.2, -0.15) is 13.5 Å². The minimum absolute atomic E-state index is 0.00482. The molecular weight excluding hydrogens is 270 g/mol. The van der Waals surface area contributed by atoms with Crippen LogP contribution in [0.25, 0.3) is 0 Å². The molecule has 2 aromatic rings. The monoisotopic (exact) mass is 281 g/mol. The molecule has 100 valence electrons. The van der Waals surface area contributed by atoms with Gasteiger partial charge in [0.1, 0.15) is 0 Å². The Morgan fingerprint density at radius 2 is 2.11 bits per heavy atom. The highest BCUT2D eigenvalue weighted by Gasteiger charge is 2.18. The number of carboxylic acid groups (broad SMARTS) is 1. The summed E-state index contributed by atoms with van der Waals surface area (Å²) in [5, 5.41) is 12.6. The van der Waals surface area contributed by atoms with E-state index in [0.29, 0.717) is 0 Å². The second-order valence-electron chi connectivity index (χ2n) is 3.78. The number of sulfonamides is 1. The van der Waals surface area contributed by atoms with Crippen LogP contribution in [-0.2, 0) is 17.1 Å². The molecule has 7 nitrogen and oxygen atoms in total. The van der Waals surface area contributed by atoms with Crippen LogP contribution < -0.4 is 4.72 Å². The standard InChI is InChI=1S/C11H11N3O4S/c1-14-10(5-6-12-14)19(17,18)13-9-4-2-3-8(7-9)11(15)16/h2-7,13H,1H3,(H,15,16). The van der Waals surface area contributed by atoms with E-state index >= 15 is 0 Å². The molecule has 0 fully saturated rings. The molecule has 0 spiro atoms. The zero-order valence-electron chi connectivity index (χ0n) is 9.94. The van der Waals surface area contributed by atoms with E-state index in [2.05, 4.69) is 9.82 Å². The molecule has 2 N–H and O–H groups in total. The molecule has 0 aliphatic heterocycles. The third-order valence-electron chi connectivity index (χ3n) is 2.41. The lowest BCUT2D eigenvalue weighted by molar-refractivity contribution is 0.0697. The molecule has 0 saturated heterocycles. The molecule has 2 rings (SSSR count). The Kier molecular flexibility index (Phi) is 3.26. The van der Waals surface area contributed by atoms with Crippen molar-refractivity contribution in [1.29, 1.82) is 0 Å². The highest BCUT2D eigenvalue weighted by molar-refractivity contribution is 7.92. The number of aromatic carboxylic acids is 1. The summed E-state index contributed by atoms with van der Waals surface area (Å²) in [5.74, 6) is -1.12. The zero-order chi connectivity index (χ0) is 14.0. The van der Waals surface area contributed by atoms with Crippen molar-refractivity contribution in [3.8, 4) is 0 Å². The maximum atomic E-state index is 12.0. The number of carboxylic acids is 1. The van der Waals surface area contributed by atoms with Gasteiger partial charge in [-0.1, -0.05) is 6.07 Å². The second-order valence-corrected chi connectivity index (χ2v) is 5.41. The van der Waals surface area contributed by atoms with Gasteiger partial charge in [-0.3, -0.25) is 9.40 Å². The first-order valence-electron chi connectivity index (χ1n) is 5.24. The smallest absolute Gasteiger partial charge is 0.335 e. The van der Waals surface area contributed by atoms with Crippen LogP contribution in [0.3, 0.4) is 0 Å². The van der Waals surface area contributed by atoms with Crippen LogP contribution in [0, 0.1) is 0 Å². The Hall–Kier alpha value is -2.35. The van der Waals surface area contributed by atoms with E-state index in [0.717, 1.165) is 0 Å². The van der Waals surface area contributed by atoms with E-state index in [9.17, 15) is 13.2 Å². The first-order chi connectivity index (χ1) is 8.90. The minimum atomic E-state index is -3.79. The summed E-state index contributed by atoms with van der Waals surface area (Å²) in [6, 6.07) is 6.91. The van der Waals surface area contributed by atoms with E-state index < -0.39 is 16.0 Å². The number of nitrogens with zero attached hydrogens (tertiary/aromatic N) is 2. The number of aromatic nitrogens is 2. The number of anilines is 1. The molecular formula is C11H11N3O4S. The number of hydrogen-bond donors (Lipinski definition) is 2. The number of benzene rings is 1. The quantitative estimate of drug-likeness (QED) is 0.867. The Morgan fingerprint density at radius 1 is 1.37 bits per heavy atom. The highest BCUT2D eigenvalue weighted by Crippen LogP contribution is 2.16. The topological polar surface area (TPSA) is 101 Å². The summed E-state index contributed by atoms with van der Waals surface area (Å²) in [6.45, 7) is 0. The van der Waals surface area contributed by atoms with Crippen LogP contribution in [0.1, 0.15) is 10.4 Å². The average molecular weight is 281 g/mol. The van der Waals surface area contributed by atoms with E-state index in [1.54, 1.807) is 0 Å². The maximum Gasteiger partial charge on any atom is 0.335 e. The van der Waals surface area contributed by atoms with Gasteiger partial charge >= 0.3 is 5.97 Å². The number of carbonyl (C=O) groups is 1. The first-order valence-corrected chi connectivity index (χ1v) is 6.72. The third-order valence-corrected chi connectivity index (χ3v) is 3.87. The first kappa shape index (κ1) is 13.1. The normalized spacial score (nSPS) is 11.2. The van der Waals surface area contributed by atoms with Crippen molar-refractivity contribution in [3.63, 3.8) is 0 Å². The predicted octanol–water partition coefficient (Wildman–Crippen LogP) is 0.919. The Balaban J connectivity index is 2.34. The molecule has 1 heterocycles. The highest BCUT2D eigenvalue weighted by atomic mass is 32.2. The zero-order valence-corrected chi connectivity index (χ0v) is 10.8. The number of nitrogens with one attached hydrogen (secondary N) is 1. The minimum Gasteiger partial charge on any atom is -0.478 e. The number of rotatable bonds is 4. The van der Waals surface area contributed by atoms with E-state index in [1.165, 1.54) is 48.3 Å². The Bertz CT molecular complexity index is 721. The van der Waals surface area contributed by atoms with Crippen molar-refractivity contribution >= 4 is 21.7 Å². The summed E-state index contributed by atoms with van der Waals surface area (Å²) in [4.78, 5) is 10.8. The molecule has 1 aromatic heterocycles. The summed E-state index contributed by atoms with van der Waals surface area (Å²) in [7, 11) is -2.28.